The van der Waals surface area contributed by atoms with Gasteiger partial charge in [0.25, 0.3) is 5.69 Å². The van der Waals surface area contributed by atoms with Gasteiger partial charge in [0.15, 0.2) is 0 Å². The lowest BCUT2D eigenvalue weighted by molar-refractivity contribution is -0.385. The van der Waals surface area contributed by atoms with Crippen molar-refractivity contribution in [2.75, 3.05) is 18.0 Å². The number of anilines is 1. The molecule has 0 bridgehead atoms. The maximum atomic E-state index is 14.2. The highest BCUT2D eigenvalue weighted by atomic mass is 19.1. The summed E-state index contributed by atoms with van der Waals surface area (Å²) in [6.07, 6.45) is 3.30. The molecule has 7 nitrogen and oxygen atoms in total. The van der Waals surface area contributed by atoms with Crippen LogP contribution in [0.5, 0.6) is 0 Å². The molecule has 1 amide bonds. The number of hydrazone groups is 1. The molecule has 1 saturated heterocycles. The second-order valence-electron chi connectivity index (χ2n) is 6.26. The normalized spacial score (nSPS) is 13.9. The van der Waals surface area contributed by atoms with Crippen LogP contribution < -0.4 is 10.3 Å². The standard InChI is InChI=1S/C19H19FN4O3/c20-16-11-14(7-8-18(16)23-9-3-4-10-23)13-21-22-19(25)12-15-5-1-2-6-17(15)24(26)27/h1-2,5-8,11,13H,3-4,9-10,12H2,(H,22,25)/b21-13+. The summed E-state index contributed by atoms with van der Waals surface area (Å²) >= 11 is 0. The highest BCUT2D eigenvalue weighted by Gasteiger charge is 2.16. The highest BCUT2D eigenvalue weighted by Crippen LogP contribution is 2.24. The molecule has 0 aliphatic carbocycles. The Bertz CT molecular complexity index is 879. The first kappa shape index (κ1) is 18.5. The van der Waals surface area contributed by atoms with E-state index in [4.69, 9.17) is 0 Å². The third kappa shape index (κ3) is 4.66. The second-order valence-corrected chi connectivity index (χ2v) is 6.26. The van der Waals surface area contributed by atoms with Gasteiger partial charge in [-0.05, 0) is 30.5 Å². The van der Waals surface area contributed by atoms with Crippen LogP contribution in [0, 0.1) is 15.9 Å². The summed E-state index contributed by atoms with van der Waals surface area (Å²) in [5.74, 6) is -0.818. The zero-order chi connectivity index (χ0) is 19.2. The van der Waals surface area contributed by atoms with E-state index in [1.807, 2.05) is 4.90 Å². The van der Waals surface area contributed by atoms with Gasteiger partial charge in [-0.2, -0.15) is 5.10 Å². The lowest BCUT2D eigenvalue weighted by Crippen LogP contribution is -2.20. The molecule has 0 atom stereocenters. The summed E-state index contributed by atoms with van der Waals surface area (Å²) in [6, 6.07) is 10.8. The third-order valence-electron chi connectivity index (χ3n) is 4.36. The van der Waals surface area contributed by atoms with E-state index < -0.39 is 10.8 Å². The van der Waals surface area contributed by atoms with Crippen LogP contribution in [0.15, 0.2) is 47.6 Å². The van der Waals surface area contributed by atoms with Crippen molar-refractivity contribution >= 4 is 23.5 Å². The number of rotatable bonds is 6. The summed E-state index contributed by atoms with van der Waals surface area (Å²) in [7, 11) is 0. The fraction of sp³-hybridized carbons (Fsp3) is 0.263. The molecule has 140 valence electrons. The number of carbonyl (C=O) groups excluding carboxylic acids is 1. The Morgan fingerprint density at radius 2 is 2.00 bits per heavy atom. The fourth-order valence-corrected chi connectivity index (χ4v) is 3.05. The van der Waals surface area contributed by atoms with E-state index in [1.165, 1.54) is 30.5 Å². The van der Waals surface area contributed by atoms with Crippen LogP contribution in [0.1, 0.15) is 24.0 Å². The van der Waals surface area contributed by atoms with Crippen molar-refractivity contribution in [1.29, 1.82) is 0 Å². The van der Waals surface area contributed by atoms with Gasteiger partial charge in [0, 0.05) is 24.7 Å². The molecule has 0 aromatic heterocycles. The lowest BCUT2D eigenvalue weighted by Gasteiger charge is -2.18. The van der Waals surface area contributed by atoms with E-state index in [9.17, 15) is 19.3 Å². The summed E-state index contributed by atoms with van der Waals surface area (Å²) in [5.41, 5.74) is 3.59. The molecule has 1 heterocycles. The van der Waals surface area contributed by atoms with Crippen LogP contribution in [-0.4, -0.2) is 30.1 Å². The Morgan fingerprint density at radius 1 is 1.26 bits per heavy atom. The number of benzene rings is 2. The third-order valence-corrected chi connectivity index (χ3v) is 4.36. The summed E-state index contributed by atoms with van der Waals surface area (Å²) in [5, 5.41) is 14.8. The number of nitrogens with zero attached hydrogens (tertiary/aromatic N) is 3. The van der Waals surface area contributed by atoms with Crippen molar-refractivity contribution in [3.63, 3.8) is 0 Å². The van der Waals surface area contributed by atoms with Crippen molar-refractivity contribution in [1.82, 2.24) is 5.43 Å². The van der Waals surface area contributed by atoms with Crippen molar-refractivity contribution in [3.8, 4) is 0 Å². The van der Waals surface area contributed by atoms with Crippen molar-refractivity contribution in [2.24, 2.45) is 5.10 Å². The molecule has 0 radical (unpaired) electrons. The van der Waals surface area contributed by atoms with Gasteiger partial charge in [-0.25, -0.2) is 9.82 Å². The van der Waals surface area contributed by atoms with Gasteiger partial charge in [-0.1, -0.05) is 24.3 Å². The zero-order valence-corrected chi connectivity index (χ0v) is 14.6. The molecule has 1 fully saturated rings. The number of nitro groups is 1. The average Bonchev–Trinajstić information content (AvgIpc) is 3.16. The molecule has 0 saturated carbocycles. The van der Waals surface area contributed by atoms with Gasteiger partial charge >= 0.3 is 0 Å². The van der Waals surface area contributed by atoms with Crippen LogP contribution in [0.4, 0.5) is 15.8 Å². The summed E-state index contributed by atoms with van der Waals surface area (Å²) in [4.78, 5) is 24.4. The van der Waals surface area contributed by atoms with Crippen LogP contribution in [0.3, 0.4) is 0 Å². The summed E-state index contributed by atoms with van der Waals surface area (Å²) < 4.78 is 14.2. The number of carbonyl (C=O) groups is 1. The van der Waals surface area contributed by atoms with E-state index in [0.29, 0.717) is 16.8 Å². The van der Waals surface area contributed by atoms with Gasteiger partial charge in [0.2, 0.25) is 5.91 Å². The molecular weight excluding hydrogens is 351 g/mol. The first-order valence-corrected chi connectivity index (χ1v) is 8.63. The maximum Gasteiger partial charge on any atom is 0.273 e. The zero-order valence-electron chi connectivity index (χ0n) is 14.6. The molecule has 0 unspecified atom stereocenters. The summed E-state index contributed by atoms with van der Waals surface area (Å²) in [6.45, 7) is 1.71. The Hall–Kier alpha value is -3.29. The number of nitrogens with one attached hydrogen (secondary N) is 1. The average molecular weight is 370 g/mol. The minimum atomic E-state index is -0.531. The van der Waals surface area contributed by atoms with E-state index in [0.717, 1.165) is 25.9 Å². The predicted octanol–water partition coefficient (Wildman–Crippen LogP) is 3.03. The number of nitro benzene ring substituents is 1. The Labute approximate surface area is 155 Å². The van der Waals surface area contributed by atoms with E-state index >= 15 is 0 Å². The fourth-order valence-electron chi connectivity index (χ4n) is 3.05. The predicted molar refractivity (Wildman–Crippen MR) is 100 cm³/mol. The van der Waals surface area contributed by atoms with Gasteiger partial charge in [0.1, 0.15) is 5.82 Å². The van der Waals surface area contributed by atoms with Crippen molar-refractivity contribution < 1.29 is 14.1 Å². The van der Waals surface area contributed by atoms with E-state index in [1.54, 1.807) is 18.2 Å². The van der Waals surface area contributed by atoms with Crippen molar-refractivity contribution in [2.45, 2.75) is 19.3 Å². The van der Waals surface area contributed by atoms with E-state index in [-0.39, 0.29) is 17.9 Å². The minimum absolute atomic E-state index is 0.115. The molecule has 1 N–H and O–H groups in total. The Kier molecular flexibility index (Phi) is 5.75. The monoisotopic (exact) mass is 370 g/mol. The second kappa shape index (κ2) is 8.39. The number of halogens is 1. The van der Waals surface area contributed by atoms with Gasteiger partial charge in [-0.3, -0.25) is 14.9 Å². The molecule has 2 aromatic carbocycles. The number of hydrogen-bond donors (Lipinski definition) is 1. The number of para-hydroxylation sites is 1. The minimum Gasteiger partial charge on any atom is -0.369 e. The smallest absolute Gasteiger partial charge is 0.273 e. The highest BCUT2D eigenvalue weighted by molar-refractivity contribution is 5.84. The first-order chi connectivity index (χ1) is 13.0. The molecule has 8 heteroatoms. The molecule has 1 aliphatic rings. The van der Waals surface area contributed by atoms with Gasteiger partial charge in [0.05, 0.1) is 23.2 Å². The molecular formula is C19H19FN4O3. The van der Waals surface area contributed by atoms with Gasteiger partial charge < -0.3 is 4.90 Å². The maximum absolute atomic E-state index is 14.2. The molecule has 0 spiro atoms. The van der Waals surface area contributed by atoms with Crippen LogP contribution >= 0.6 is 0 Å². The molecule has 2 aromatic rings. The van der Waals surface area contributed by atoms with Crippen LogP contribution in [0.25, 0.3) is 0 Å². The Morgan fingerprint density at radius 3 is 2.70 bits per heavy atom. The SMILES string of the molecule is O=C(Cc1ccccc1[N+](=O)[O-])N/N=C/c1ccc(N2CCCC2)c(F)c1. The van der Waals surface area contributed by atoms with Gasteiger partial charge in [-0.15, -0.1) is 0 Å². The number of hydrogen-bond acceptors (Lipinski definition) is 5. The first-order valence-electron chi connectivity index (χ1n) is 8.63. The number of amides is 1. The molecule has 3 rings (SSSR count). The molecule has 1 aliphatic heterocycles. The van der Waals surface area contributed by atoms with E-state index in [2.05, 4.69) is 10.5 Å². The largest absolute Gasteiger partial charge is 0.369 e. The Balaban J connectivity index is 1.59. The quantitative estimate of drug-likeness (QED) is 0.481. The lowest BCUT2D eigenvalue weighted by atomic mass is 10.1. The topological polar surface area (TPSA) is 87.8 Å². The van der Waals surface area contributed by atoms with Crippen molar-refractivity contribution in [3.05, 3.63) is 69.5 Å². The van der Waals surface area contributed by atoms with Crippen LogP contribution in [0.2, 0.25) is 0 Å². The van der Waals surface area contributed by atoms with Crippen LogP contribution in [-0.2, 0) is 11.2 Å². The molecule has 27 heavy (non-hydrogen) atoms.